The molecule has 0 heterocycles. The summed E-state index contributed by atoms with van der Waals surface area (Å²) in [6, 6.07) is 8.77. The van der Waals surface area contributed by atoms with Gasteiger partial charge in [0, 0.05) is 0 Å². The average Bonchev–Trinajstić information content (AvgIpc) is 2.33. The normalized spacial score (nSPS) is 11.3. The van der Waals surface area contributed by atoms with Gasteiger partial charge in [0.25, 0.3) is 0 Å². The smallest absolute Gasteiger partial charge is 0.332 e. The second-order valence-electron chi connectivity index (χ2n) is 3.59. The predicted molar refractivity (Wildman–Crippen MR) is 68.9 cm³/mol. The summed E-state index contributed by atoms with van der Waals surface area (Å²) < 4.78 is 52.6. The Morgan fingerprint density at radius 2 is 1.68 bits per heavy atom. The average molecular weight is 349 g/mol. The molecule has 0 unspecified atom stereocenters. The van der Waals surface area contributed by atoms with E-state index < -0.39 is 20.9 Å². The summed E-state index contributed by atoms with van der Waals surface area (Å²) in [6.45, 7) is 0. The van der Waals surface area contributed by atoms with Gasteiger partial charge in [-0.05, 0) is 58.4 Å². The number of halogens is 3. The summed E-state index contributed by atoms with van der Waals surface area (Å²) in [4.78, 5) is -0.467. The Labute approximate surface area is 117 Å². The van der Waals surface area contributed by atoms with Crippen LogP contribution < -0.4 is 4.74 Å². The molecule has 0 saturated heterocycles. The van der Waals surface area contributed by atoms with E-state index in [1.807, 2.05) is 0 Å². The lowest BCUT2D eigenvalue weighted by molar-refractivity contribution is 0.477. The van der Waals surface area contributed by atoms with Gasteiger partial charge in [-0.15, -0.1) is 3.89 Å². The monoisotopic (exact) mass is 348 g/mol. The van der Waals surface area contributed by atoms with Gasteiger partial charge in [0.15, 0.2) is 0 Å². The van der Waals surface area contributed by atoms with Crippen LogP contribution in [0.2, 0.25) is 0 Å². The largest absolute Gasteiger partial charge is 0.456 e. The molecule has 0 aliphatic heterocycles. The maximum absolute atomic E-state index is 12.8. The van der Waals surface area contributed by atoms with Crippen molar-refractivity contribution in [3.8, 4) is 11.5 Å². The van der Waals surface area contributed by atoms with E-state index in [2.05, 4.69) is 15.9 Å². The van der Waals surface area contributed by atoms with E-state index in [9.17, 15) is 16.7 Å². The summed E-state index contributed by atoms with van der Waals surface area (Å²) in [5.41, 5.74) is 0. The van der Waals surface area contributed by atoms with Crippen LogP contribution in [0.3, 0.4) is 0 Å². The van der Waals surface area contributed by atoms with Gasteiger partial charge in [0.1, 0.15) is 17.3 Å². The van der Waals surface area contributed by atoms with E-state index in [-0.39, 0.29) is 4.47 Å². The highest BCUT2D eigenvalue weighted by atomic mass is 79.9. The van der Waals surface area contributed by atoms with Crippen LogP contribution in [0.4, 0.5) is 8.28 Å². The molecule has 0 spiro atoms. The van der Waals surface area contributed by atoms with E-state index in [0.717, 1.165) is 12.1 Å². The van der Waals surface area contributed by atoms with Gasteiger partial charge in [-0.2, -0.15) is 8.42 Å². The van der Waals surface area contributed by atoms with Crippen LogP contribution in [0.5, 0.6) is 11.5 Å². The van der Waals surface area contributed by atoms with Crippen molar-refractivity contribution in [2.24, 2.45) is 0 Å². The summed E-state index contributed by atoms with van der Waals surface area (Å²) in [5, 5.41) is 0. The van der Waals surface area contributed by atoms with E-state index in [1.54, 1.807) is 0 Å². The second-order valence-corrected chi connectivity index (χ2v) is 5.79. The number of benzene rings is 2. The van der Waals surface area contributed by atoms with Crippen molar-refractivity contribution in [1.82, 2.24) is 0 Å². The quantitative estimate of drug-likeness (QED) is 0.786. The standard InChI is InChI=1S/C12H7BrF2O3S/c13-11-7-10(19(15,16)17)5-6-12(11)18-9-3-1-8(14)2-4-9/h1-7H. The zero-order valence-corrected chi connectivity index (χ0v) is 11.7. The van der Waals surface area contributed by atoms with Crippen molar-refractivity contribution in [3.63, 3.8) is 0 Å². The van der Waals surface area contributed by atoms with Crippen LogP contribution in [-0.2, 0) is 10.2 Å². The van der Waals surface area contributed by atoms with Crippen molar-refractivity contribution < 1.29 is 21.4 Å². The molecule has 0 aliphatic rings. The fourth-order valence-electron chi connectivity index (χ4n) is 1.35. The lowest BCUT2D eigenvalue weighted by Crippen LogP contribution is -1.93. The SMILES string of the molecule is O=S(=O)(F)c1ccc(Oc2ccc(F)cc2)c(Br)c1. The van der Waals surface area contributed by atoms with Crippen LogP contribution in [-0.4, -0.2) is 8.42 Å². The van der Waals surface area contributed by atoms with Gasteiger partial charge in [0.2, 0.25) is 0 Å². The molecule has 100 valence electrons. The third-order valence-electron chi connectivity index (χ3n) is 2.23. The first-order valence-corrected chi connectivity index (χ1v) is 7.21. The molecular formula is C12H7BrF2O3S. The molecule has 7 heteroatoms. The minimum Gasteiger partial charge on any atom is -0.456 e. The fraction of sp³-hybridized carbons (Fsp3) is 0. The molecule has 0 amide bonds. The van der Waals surface area contributed by atoms with E-state index in [0.29, 0.717) is 11.5 Å². The van der Waals surface area contributed by atoms with Gasteiger partial charge < -0.3 is 4.74 Å². The molecule has 0 aromatic heterocycles. The zero-order chi connectivity index (χ0) is 14.0. The zero-order valence-electron chi connectivity index (χ0n) is 9.31. The van der Waals surface area contributed by atoms with Gasteiger partial charge >= 0.3 is 10.2 Å². The summed E-state index contributed by atoms with van der Waals surface area (Å²) in [5.74, 6) is 0.266. The van der Waals surface area contributed by atoms with Gasteiger partial charge in [-0.25, -0.2) is 4.39 Å². The Bertz CT molecular complexity index is 699. The number of hydrogen-bond acceptors (Lipinski definition) is 3. The summed E-state index contributed by atoms with van der Waals surface area (Å²) in [6.07, 6.45) is 0. The van der Waals surface area contributed by atoms with Crippen molar-refractivity contribution in [2.45, 2.75) is 4.90 Å². The Kier molecular flexibility index (Phi) is 3.86. The fourth-order valence-corrected chi connectivity index (χ4v) is 2.45. The number of ether oxygens (including phenoxy) is 1. The highest BCUT2D eigenvalue weighted by Crippen LogP contribution is 2.32. The molecule has 2 aromatic carbocycles. The van der Waals surface area contributed by atoms with Crippen LogP contribution in [0.25, 0.3) is 0 Å². The van der Waals surface area contributed by atoms with Gasteiger partial charge in [0.05, 0.1) is 9.37 Å². The molecule has 0 bridgehead atoms. The number of hydrogen-bond donors (Lipinski definition) is 0. The first-order chi connectivity index (χ1) is 8.86. The third kappa shape index (κ3) is 3.51. The molecule has 2 rings (SSSR count). The minimum atomic E-state index is -4.76. The molecule has 0 fully saturated rings. The van der Waals surface area contributed by atoms with E-state index in [1.165, 1.54) is 30.3 Å². The molecule has 0 atom stereocenters. The van der Waals surface area contributed by atoms with Crippen LogP contribution in [0, 0.1) is 5.82 Å². The van der Waals surface area contributed by atoms with E-state index >= 15 is 0 Å². The molecule has 0 aliphatic carbocycles. The molecule has 0 radical (unpaired) electrons. The predicted octanol–water partition coefficient (Wildman–Crippen LogP) is 4.04. The second kappa shape index (κ2) is 5.26. The van der Waals surface area contributed by atoms with Crippen molar-refractivity contribution in [2.75, 3.05) is 0 Å². The third-order valence-corrected chi connectivity index (χ3v) is 3.66. The maximum Gasteiger partial charge on any atom is 0.332 e. The highest BCUT2D eigenvalue weighted by molar-refractivity contribution is 9.10. The Balaban J connectivity index is 2.29. The molecule has 0 saturated carbocycles. The van der Waals surface area contributed by atoms with Gasteiger partial charge in [-0.3, -0.25) is 0 Å². The summed E-state index contributed by atoms with van der Waals surface area (Å²) in [7, 11) is -4.76. The molecule has 0 N–H and O–H groups in total. The first-order valence-electron chi connectivity index (χ1n) is 5.04. The molecule has 3 nitrogen and oxygen atoms in total. The van der Waals surface area contributed by atoms with Crippen molar-refractivity contribution in [3.05, 3.63) is 52.8 Å². The first kappa shape index (κ1) is 14.0. The molecule has 19 heavy (non-hydrogen) atoms. The molecular weight excluding hydrogens is 342 g/mol. The Morgan fingerprint density at radius 3 is 2.21 bits per heavy atom. The maximum atomic E-state index is 12.8. The Hall–Kier alpha value is -1.47. The Morgan fingerprint density at radius 1 is 1.05 bits per heavy atom. The van der Waals surface area contributed by atoms with Crippen LogP contribution >= 0.6 is 15.9 Å². The topological polar surface area (TPSA) is 43.4 Å². The molecule has 2 aromatic rings. The summed E-state index contributed by atoms with van der Waals surface area (Å²) >= 11 is 3.08. The minimum absolute atomic E-state index is 0.274. The van der Waals surface area contributed by atoms with Crippen LogP contribution in [0.15, 0.2) is 51.8 Å². The van der Waals surface area contributed by atoms with Crippen LogP contribution in [0.1, 0.15) is 0 Å². The van der Waals surface area contributed by atoms with Crippen molar-refractivity contribution >= 4 is 26.2 Å². The lowest BCUT2D eigenvalue weighted by Gasteiger charge is -2.08. The number of rotatable bonds is 3. The van der Waals surface area contributed by atoms with Gasteiger partial charge in [-0.1, -0.05) is 0 Å². The lowest BCUT2D eigenvalue weighted by atomic mass is 10.3. The van der Waals surface area contributed by atoms with Crippen molar-refractivity contribution in [1.29, 1.82) is 0 Å². The van der Waals surface area contributed by atoms with E-state index in [4.69, 9.17) is 4.74 Å². The highest BCUT2D eigenvalue weighted by Gasteiger charge is 2.14.